The van der Waals surface area contributed by atoms with E-state index in [-0.39, 0.29) is 13.2 Å². The van der Waals surface area contributed by atoms with Crippen molar-refractivity contribution in [2.24, 2.45) is 0 Å². The molecule has 0 saturated carbocycles. The largest absolute Gasteiger partial charge is 0.491 e. The van der Waals surface area contributed by atoms with Gasteiger partial charge in [0.1, 0.15) is 24.7 Å². The highest BCUT2D eigenvalue weighted by molar-refractivity contribution is 5.66. The molecule has 26 heavy (non-hydrogen) atoms. The van der Waals surface area contributed by atoms with E-state index >= 15 is 0 Å². The molecule has 0 amide bonds. The summed E-state index contributed by atoms with van der Waals surface area (Å²) in [4.78, 5) is 0. The lowest BCUT2D eigenvalue weighted by Gasteiger charge is -2.10. The van der Waals surface area contributed by atoms with Gasteiger partial charge in [-0.2, -0.15) is 0 Å². The lowest BCUT2D eigenvalue weighted by atomic mass is 10.1. The Labute approximate surface area is 153 Å². The zero-order valence-corrected chi connectivity index (χ0v) is 14.8. The van der Waals surface area contributed by atoms with Crippen LogP contribution >= 0.6 is 0 Å². The fourth-order valence-electron chi connectivity index (χ4n) is 2.30. The molecule has 0 fully saturated rings. The van der Waals surface area contributed by atoms with Gasteiger partial charge in [0.15, 0.2) is 0 Å². The fourth-order valence-corrected chi connectivity index (χ4v) is 2.30. The van der Waals surface area contributed by atoms with Gasteiger partial charge in [-0.1, -0.05) is 24.3 Å². The van der Waals surface area contributed by atoms with Crippen molar-refractivity contribution < 1.29 is 29.2 Å². The van der Waals surface area contributed by atoms with Gasteiger partial charge in [0.2, 0.25) is 0 Å². The van der Waals surface area contributed by atoms with E-state index in [1.54, 1.807) is 0 Å². The minimum atomic E-state index is 0.0153. The molecule has 0 bridgehead atoms. The summed E-state index contributed by atoms with van der Waals surface area (Å²) in [5.74, 6) is 1.53. The van der Waals surface area contributed by atoms with Crippen molar-refractivity contribution in [2.45, 2.75) is 0 Å². The third kappa shape index (κ3) is 7.41. The summed E-state index contributed by atoms with van der Waals surface area (Å²) in [5.41, 5.74) is 2.06. The van der Waals surface area contributed by atoms with Crippen LogP contribution in [0.5, 0.6) is 11.5 Å². The van der Waals surface area contributed by atoms with E-state index in [4.69, 9.17) is 29.2 Å². The number of hydrogen-bond acceptors (Lipinski definition) is 6. The first-order chi connectivity index (χ1) is 12.8. The van der Waals surface area contributed by atoms with Crippen LogP contribution in [0.25, 0.3) is 11.1 Å². The second kappa shape index (κ2) is 12.3. The number of rotatable bonds is 13. The molecule has 0 atom stereocenters. The van der Waals surface area contributed by atoms with Gasteiger partial charge in [0.25, 0.3) is 0 Å². The second-order valence-electron chi connectivity index (χ2n) is 5.42. The van der Waals surface area contributed by atoms with Crippen LogP contribution in [0.3, 0.4) is 0 Å². The first kappa shape index (κ1) is 20.2. The van der Waals surface area contributed by atoms with Crippen LogP contribution in [-0.2, 0) is 9.47 Å². The molecule has 6 heteroatoms. The van der Waals surface area contributed by atoms with E-state index in [1.165, 1.54) is 0 Å². The Morgan fingerprint density at radius 3 is 1.46 bits per heavy atom. The molecule has 0 aliphatic heterocycles. The molecule has 0 aliphatic carbocycles. The summed E-state index contributed by atoms with van der Waals surface area (Å²) in [6.45, 7) is 2.41. The number of hydrogen-bond donors (Lipinski definition) is 2. The lowest BCUT2D eigenvalue weighted by Crippen LogP contribution is -2.09. The Bertz CT molecular complexity index is 576. The van der Waals surface area contributed by atoms with Crippen molar-refractivity contribution in [1.29, 1.82) is 0 Å². The molecule has 2 N–H and O–H groups in total. The van der Waals surface area contributed by atoms with Gasteiger partial charge in [-0.25, -0.2) is 0 Å². The molecule has 0 spiro atoms. The summed E-state index contributed by atoms with van der Waals surface area (Å²) in [7, 11) is 0. The van der Waals surface area contributed by atoms with Crippen molar-refractivity contribution >= 4 is 0 Å². The minimum absolute atomic E-state index is 0.0153. The van der Waals surface area contributed by atoms with Gasteiger partial charge in [-0.05, 0) is 35.4 Å². The maximum Gasteiger partial charge on any atom is 0.120 e. The van der Waals surface area contributed by atoms with Gasteiger partial charge in [0, 0.05) is 0 Å². The van der Waals surface area contributed by atoms with E-state index < -0.39 is 0 Å². The Morgan fingerprint density at radius 1 is 0.577 bits per heavy atom. The van der Waals surface area contributed by atoms with Gasteiger partial charge >= 0.3 is 0 Å². The smallest absolute Gasteiger partial charge is 0.120 e. The molecule has 6 nitrogen and oxygen atoms in total. The summed E-state index contributed by atoms with van der Waals surface area (Å²) < 4.78 is 21.7. The van der Waals surface area contributed by atoms with Crippen LogP contribution in [0.1, 0.15) is 0 Å². The minimum Gasteiger partial charge on any atom is -0.491 e. The van der Waals surface area contributed by atoms with Gasteiger partial charge in [0.05, 0.1) is 39.6 Å². The molecule has 142 valence electrons. The lowest BCUT2D eigenvalue weighted by molar-refractivity contribution is 0.0705. The fraction of sp³-hybridized carbons (Fsp3) is 0.400. The van der Waals surface area contributed by atoms with Gasteiger partial charge in [-0.15, -0.1) is 0 Å². The summed E-state index contributed by atoms with van der Waals surface area (Å²) in [5, 5.41) is 17.3. The first-order valence-corrected chi connectivity index (χ1v) is 8.67. The predicted octanol–water partition coefficient (Wildman–Crippen LogP) is 2.13. The summed E-state index contributed by atoms with van der Waals surface area (Å²) >= 11 is 0. The van der Waals surface area contributed by atoms with E-state index in [0.717, 1.165) is 22.6 Å². The second-order valence-corrected chi connectivity index (χ2v) is 5.42. The van der Waals surface area contributed by atoms with Crippen LogP contribution in [0.4, 0.5) is 0 Å². The summed E-state index contributed by atoms with van der Waals surface area (Å²) in [6, 6.07) is 15.6. The van der Waals surface area contributed by atoms with Crippen molar-refractivity contribution in [2.75, 3.05) is 52.9 Å². The SMILES string of the molecule is OCCOCCOc1cccc(-c2cccc(OCCOCCO)c2)c1. The molecule has 0 aromatic heterocycles. The van der Waals surface area contributed by atoms with Crippen molar-refractivity contribution in [3.63, 3.8) is 0 Å². The molecule has 0 saturated heterocycles. The summed E-state index contributed by atoms with van der Waals surface area (Å²) in [6.07, 6.45) is 0. The predicted molar refractivity (Wildman–Crippen MR) is 98.7 cm³/mol. The van der Waals surface area contributed by atoms with Crippen molar-refractivity contribution in [3.8, 4) is 22.6 Å². The van der Waals surface area contributed by atoms with Crippen LogP contribution in [0.15, 0.2) is 48.5 Å². The van der Waals surface area contributed by atoms with Gasteiger partial charge < -0.3 is 29.2 Å². The molecular formula is C20H26O6. The number of aliphatic hydroxyl groups excluding tert-OH is 2. The number of ether oxygens (including phenoxy) is 4. The zero-order valence-electron chi connectivity index (χ0n) is 14.8. The average molecular weight is 362 g/mol. The molecule has 2 rings (SSSR count). The van der Waals surface area contributed by atoms with Crippen molar-refractivity contribution in [3.05, 3.63) is 48.5 Å². The molecule has 0 unspecified atom stereocenters. The van der Waals surface area contributed by atoms with E-state index in [0.29, 0.717) is 39.6 Å². The Morgan fingerprint density at radius 2 is 1.04 bits per heavy atom. The maximum atomic E-state index is 8.67. The Hall–Kier alpha value is -2.12. The van der Waals surface area contributed by atoms with Crippen LogP contribution in [-0.4, -0.2) is 63.1 Å². The normalized spacial score (nSPS) is 10.7. The highest BCUT2D eigenvalue weighted by atomic mass is 16.5. The Balaban J connectivity index is 1.89. The standard InChI is InChI=1S/C20H26O6/c21-7-9-23-11-13-25-19-5-1-3-17(15-19)18-4-2-6-20(16-18)26-14-12-24-10-8-22/h1-6,15-16,21-22H,7-14H2. The van der Waals surface area contributed by atoms with E-state index in [9.17, 15) is 0 Å². The maximum absolute atomic E-state index is 8.67. The third-order valence-corrected chi connectivity index (χ3v) is 3.47. The number of aliphatic hydroxyl groups is 2. The number of benzene rings is 2. The average Bonchev–Trinajstić information content (AvgIpc) is 2.68. The van der Waals surface area contributed by atoms with Crippen LogP contribution < -0.4 is 9.47 Å². The quantitative estimate of drug-likeness (QED) is 0.532. The topological polar surface area (TPSA) is 77.4 Å². The first-order valence-electron chi connectivity index (χ1n) is 8.67. The third-order valence-electron chi connectivity index (χ3n) is 3.47. The molecular weight excluding hydrogens is 336 g/mol. The van der Waals surface area contributed by atoms with Gasteiger partial charge in [-0.3, -0.25) is 0 Å². The highest BCUT2D eigenvalue weighted by Gasteiger charge is 2.03. The zero-order chi connectivity index (χ0) is 18.5. The highest BCUT2D eigenvalue weighted by Crippen LogP contribution is 2.27. The van der Waals surface area contributed by atoms with Crippen LogP contribution in [0.2, 0.25) is 0 Å². The van der Waals surface area contributed by atoms with E-state index in [2.05, 4.69) is 0 Å². The molecule has 0 aliphatic rings. The molecule has 0 radical (unpaired) electrons. The molecule has 2 aromatic rings. The van der Waals surface area contributed by atoms with E-state index in [1.807, 2.05) is 48.5 Å². The van der Waals surface area contributed by atoms with Crippen LogP contribution in [0, 0.1) is 0 Å². The monoisotopic (exact) mass is 362 g/mol. The molecule has 2 aromatic carbocycles. The van der Waals surface area contributed by atoms with Crippen molar-refractivity contribution in [1.82, 2.24) is 0 Å². The molecule has 0 heterocycles. The Kier molecular flexibility index (Phi) is 9.53.